The number of rotatable bonds is 6. The summed E-state index contributed by atoms with van der Waals surface area (Å²) in [5.41, 5.74) is 1.27. The molecule has 0 bridgehead atoms. The molecule has 2 aliphatic rings. The fourth-order valence-corrected chi connectivity index (χ4v) is 3.27. The summed E-state index contributed by atoms with van der Waals surface area (Å²) in [6, 6.07) is 14.4. The minimum atomic E-state index is -0.694. The Labute approximate surface area is 162 Å². The van der Waals surface area contributed by atoms with Crippen molar-refractivity contribution in [2.45, 2.75) is 37.9 Å². The van der Waals surface area contributed by atoms with Crippen molar-refractivity contribution in [1.82, 2.24) is 0 Å². The van der Waals surface area contributed by atoms with Gasteiger partial charge in [-0.3, -0.25) is 14.4 Å². The highest BCUT2D eigenvalue weighted by Crippen LogP contribution is 2.31. The maximum atomic E-state index is 12.3. The molecule has 2 amide bonds. The van der Waals surface area contributed by atoms with E-state index >= 15 is 0 Å². The van der Waals surface area contributed by atoms with E-state index in [2.05, 4.69) is 10.6 Å². The van der Waals surface area contributed by atoms with E-state index in [0.717, 1.165) is 0 Å². The van der Waals surface area contributed by atoms with Crippen molar-refractivity contribution in [2.75, 3.05) is 10.6 Å². The van der Waals surface area contributed by atoms with Gasteiger partial charge in [0.15, 0.2) is 12.2 Å². The van der Waals surface area contributed by atoms with Crippen LogP contribution < -0.4 is 20.1 Å². The third kappa shape index (κ3) is 3.83. The lowest BCUT2D eigenvalue weighted by Gasteiger charge is -2.26. The highest BCUT2D eigenvalue weighted by molar-refractivity contribution is 5.99. The van der Waals surface area contributed by atoms with Crippen molar-refractivity contribution in [3.05, 3.63) is 48.5 Å². The van der Waals surface area contributed by atoms with Gasteiger partial charge in [-0.05, 0) is 24.3 Å². The van der Waals surface area contributed by atoms with Crippen LogP contribution in [-0.4, -0.2) is 29.8 Å². The zero-order chi connectivity index (χ0) is 19.5. The van der Waals surface area contributed by atoms with Crippen molar-refractivity contribution in [1.29, 1.82) is 0 Å². The van der Waals surface area contributed by atoms with Gasteiger partial charge in [0.05, 0.1) is 11.4 Å². The molecular weight excluding hydrogens is 360 g/mol. The molecule has 0 aliphatic carbocycles. The number of para-hydroxylation sites is 4. The van der Waals surface area contributed by atoms with Crippen molar-refractivity contribution >= 4 is 29.0 Å². The predicted molar refractivity (Wildman–Crippen MR) is 102 cm³/mol. The van der Waals surface area contributed by atoms with Gasteiger partial charge in [0, 0.05) is 25.7 Å². The standard InChI is InChI=1S/C21H20N2O5/c24-13(9-11-18-20(25)22-14-5-1-3-7-16(14)27-18)10-12-19-21(26)23-15-6-2-4-8-17(15)28-19/h1-8,18-19H,9-12H2,(H,22,25)(H,23,26). The van der Waals surface area contributed by atoms with E-state index in [1.807, 2.05) is 24.3 Å². The largest absolute Gasteiger partial charge is 0.478 e. The molecule has 0 radical (unpaired) electrons. The van der Waals surface area contributed by atoms with Crippen LogP contribution in [0.5, 0.6) is 11.5 Å². The summed E-state index contributed by atoms with van der Waals surface area (Å²) in [6.45, 7) is 0. The summed E-state index contributed by atoms with van der Waals surface area (Å²) >= 11 is 0. The number of ether oxygens (including phenoxy) is 2. The van der Waals surface area contributed by atoms with Crippen molar-refractivity contribution < 1.29 is 23.9 Å². The van der Waals surface area contributed by atoms with Crippen LogP contribution in [0.25, 0.3) is 0 Å². The molecule has 2 unspecified atom stereocenters. The zero-order valence-electron chi connectivity index (χ0n) is 15.1. The van der Waals surface area contributed by atoms with Crippen LogP contribution in [-0.2, 0) is 14.4 Å². The summed E-state index contributed by atoms with van der Waals surface area (Å²) in [6.07, 6.45) is -0.407. The van der Waals surface area contributed by atoms with Gasteiger partial charge in [0.25, 0.3) is 11.8 Å². The quantitative estimate of drug-likeness (QED) is 0.804. The predicted octanol–water partition coefficient (Wildman–Crippen LogP) is 2.92. The average Bonchev–Trinajstić information content (AvgIpc) is 2.70. The normalized spacial score (nSPS) is 20.0. The molecule has 4 rings (SSSR count). The van der Waals surface area contributed by atoms with Gasteiger partial charge in [-0.25, -0.2) is 0 Å². The number of anilines is 2. The molecule has 2 N–H and O–H groups in total. The first-order valence-electron chi connectivity index (χ1n) is 9.25. The van der Waals surface area contributed by atoms with Gasteiger partial charge in [-0.2, -0.15) is 0 Å². The minimum absolute atomic E-state index is 0.0366. The number of hydrogen-bond acceptors (Lipinski definition) is 5. The number of carbonyl (C=O) groups is 3. The highest BCUT2D eigenvalue weighted by atomic mass is 16.5. The number of carbonyl (C=O) groups excluding carboxylic acids is 3. The minimum Gasteiger partial charge on any atom is -0.478 e. The van der Waals surface area contributed by atoms with Crippen LogP contribution in [0.3, 0.4) is 0 Å². The summed E-state index contributed by atoms with van der Waals surface area (Å²) in [4.78, 5) is 36.5. The van der Waals surface area contributed by atoms with E-state index < -0.39 is 12.2 Å². The molecule has 0 fully saturated rings. The Kier molecular flexibility index (Phi) is 4.97. The summed E-state index contributed by atoms with van der Waals surface area (Å²) in [5.74, 6) is 0.665. The molecule has 0 spiro atoms. The van der Waals surface area contributed by atoms with Gasteiger partial charge >= 0.3 is 0 Å². The van der Waals surface area contributed by atoms with E-state index in [-0.39, 0.29) is 30.4 Å². The molecule has 2 atom stereocenters. The molecule has 0 saturated carbocycles. The lowest BCUT2D eigenvalue weighted by atomic mass is 10.0. The maximum absolute atomic E-state index is 12.3. The molecule has 0 saturated heterocycles. The Morgan fingerprint density at radius 2 is 1.18 bits per heavy atom. The number of fused-ring (bicyclic) bond motifs is 2. The van der Waals surface area contributed by atoms with Gasteiger partial charge in [-0.1, -0.05) is 24.3 Å². The number of ketones is 1. The third-order valence-electron chi connectivity index (χ3n) is 4.78. The SMILES string of the molecule is O=C(CCC1Oc2ccccc2NC1=O)CCC1Oc2ccccc2NC1=O. The van der Waals surface area contributed by atoms with Crippen molar-refractivity contribution in [3.63, 3.8) is 0 Å². The van der Waals surface area contributed by atoms with Gasteiger partial charge in [0.1, 0.15) is 17.3 Å². The number of Topliss-reactive ketones (excluding diaryl/α,β-unsaturated/α-hetero) is 1. The second-order valence-electron chi connectivity index (χ2n) is 6.80. The smallest absolute Gasteiger partial charge is 0.265 e. The van der Waals surface area contributed by atoms with Crippen LogP contribution in [0, 0.1) is 0 Å². The Hall–Kier alpha value is -3.35. The molecule has 7 nitrogen and oxygen atoms in total. The third-order valence-corrected chi connectivity index (χ3v) is 4.78. The van der Waals surface area contributed by atoms with Crippen LogP contribution >= 0.6 is 0 Å². The zero-order valence-corrected chi connectivity index (χ0v) is 15.1. The lowest BCUT2D eigenvalue weighted by molar-refractivity contribution is -0.125. The lowest BCUT2D eigenvalue weighted by Crippen LogP contribution is -2.38. The van der Waals surface area contributed by atoms with Gasteiger partial charge in [-0.15, -0.1) is 0 Å². The van der Waals surface area contributed by atoms with Crippen molar-refractivity contribution in [2.24, 2.45) is 0 Å². The second kappa shape index (κ2) is 7.72. The first-order valence-corrected chi connectivity index (χ1v) is 9.25. The number of nitrogens with one attached hydrogen (secondary N) is 2. The topological polar surface area (TPSA) is 93.7 Å². The van der Waals surface area contributed by atoms with E-state index in [4.69, 9.17) is 9.47 Å². The Morgan fingerprint density at radius 3 is 1.64 bits per heavy atom. The summed E-state index contributed by atoms with van der Waals surface area (Å²) in [5, 5.41) is 5.57. The summed E-state index contributed by atoms with van der Waals surface area (Å²) in [7, 11) is 0. The summed E-state index contributed by atoms with van der Waals surface area (Å²) < 4.78 is 11.4. The Balaban J connectivity index is 1.26. The first kappa shape index (κ1) is 18.0. The molecular formula is C21H20N2O5. The highest BCUT2D eigenvalue weighted by Gasteiger charge is 2.29. The van der Waals surface area contributed by atoms with Crippen LogP contribution in [0.1, 0.15) is 25.7 Å². The Bertz CT molecular complexity index is 853. The van der Waals surface area contributed by atoms with E-state index in [1.165, 1.54) is 0 Å². The van der Waals surface area contributed by atoms with E-state index in [1.54, 1.807) is 24.3 Å². The number of amides is 2. The second-order valence-corrected chi connectivity index (χ2v) is 6.80. The number of benzene rings is 2. The molecule has 7 heteroatoms. The van der Waals surface area contributed by atoms with Crippen molar-refractivity contribution in [3.8, 4) is 11.5 Å². The van der Waals surface area contributed by atoms with Crippen LogP contribution in [0.2, 0.25) is 0 Å². The molecule has 0 aromatic heterocycles. The number of hydrogen-bond donors (Lipinski definition) is 2. The molecule has 144 valence electrons. The Morgan fingerprint density at radius 1 is 0.750 bits per heavy atom. The first-order chi connectivity index (χ1) is 13.6. The van der Waals surface area contributed by atoms with E-state index in [9.17, 15) is 14.4 Å². The fourth-order valence-electron chi connectivity index (χ4n) is 3.27. The van der Waals surface area contributed by atoms with Crippen LogP contribution in [0.4, 0.5) is 11.4 Å². The van der Waals surface area contributed by atoms with Gasteiger partial charge in [0.2, 0.25) is 0 Å². The molecule has 2 aromatic rings. The van der Waals surface area contributed by atoms with Crippen LogP contribution in [0.15, 0.2) is 48.5 Å². The molecule has 28 heavy (non-hydrogen) atoms. The maximum Gasteiger partial charge on any atom is 0.265 e. The monoisotopic (exact) mass is 380 g/mol. The molecule has 2 heterocycles. The fraction of sp³-hybridized carbons (Fsp3) is 0.286. The molecule has 2 aromatic carbocycles. The van der Waals surface area contributed by atoms with E-state index in [0.29, 0.717) is 35.7 Å². The average molecular weight is 380 g/mol. The van der Waals surface area contributed by atoms with Gasteiger partial charge < -0.3 is 20.1 Å². The molecule has 2 aliphatic heterocycles.